The summed E-state index contributed by atoms with van der Waals surface area (Å²) < 4.78 is 0. The normalized spacial score (nSPS) is 16.9. The van der Waals surface area contributed by atoms with Crippen LogP contribution in [0.1, 0.15) is 6.42 Å². The Morgan fingerprint density at radius 1 is 1.56 bits per heavy atom. The molecule has 0 aromatic rings. The van der Waals surface area contributed by atoms with Crippen molar-refractivity contribution in [2.45, 2.75) is 6.42 Å². The van der Waals surface area contributed by atoms with Gasteiger partial charge in [0, 0.05) is 12.0 Å². The number of aliphatic hydroxyl groups is 1. The second-order valence-corrected chi connectivity index (χ2v) is 1.79. The molecule has 0 saturated heterocycles. The van der Waals surface area contributed by atoms with Crippen LogP contribution < -0.4 is 0 Å². The van der Waals surface area contributed by atoms with E-state index in [2.05, 4.69) is 0 Å². The zero-order valence-electron chi connectivity index (χ0n) is 4.79. The Hall–Kier alpha value is -1.27. The number of allylic oxidation sites excluding steroid dienone is 4. The predicted octanol–water partition coefficient (Wildman–Crippen LogP) is 1.15. The van der Waals surface area contributed by atoms with Gasteiger partial charge in [0.1, 0.15) is 11.7 Å². The molecule has 0 heterocycles. The molecule has 2 nitrogen and oxygen atoms in total. The van der Waals surface area contributed by atoms with Gasteiger partial charge in [-0.05, 0) is 18.2 Å². The molecule has 0 atom stereocenters. The van der Waals surface area contributed by atoms with Crippen molar-refractivity contribution in [3.63, 3.8) is 0 Å². The van der Waals surface area contributed by atoms with Crippen molar-refractivity contribution in [2.24, 2.45) is 0 Å². The van der Waals surface area contributed by atoms with Crippen molar-refractivity contribution >= 4 is 5.94 Å². The first-order valence-corrected chi connectivity index (χ1v) is 2.64. The van der Waals surface area contributed by atoms with Gasteiger partial charge in [-0.2, -0.15) is 0 Å². The maximum absolute atomic E-state index is 9.94. The highest BCUT2D eigenvalue weighted by Gasteiger charge is 1.97. The van der Waals surface area contributed by atoms with E-state index in [-0.39, 0.29) is 5.76 Å². The Kier molecular flexibility index (Phi) is 1.52. The van der Waals surface area contributed by atoms with Crippen molar-refractivity contribution in [2.75, 3.05) is 0 Å². The van der Waals surface area contributed by atoms with Gasteiger partial charge >= 0.3 is 0 Å². The second kappa shape index (κ2) is 2.33. The highest BCUT2D eigenvalue weighted by atomic mass is 16.3. The number of hydrogen-bond donors (Lipinski definition) is 1. The SMILES string of the molecule is O=C=C1C=CC(O)=CC1. The number of carbonyl (C=O) groups excluding carboxylic acids is 1. The third kappa shape index (κ3) is 1.31. The molecular weight excluding hydrogens is 116 g/mol. The lowest BCUT2D eigenvalue weighted by Gasteiger charge is -1.97. The van der Waals surface area contributed by atoms with Crippen LogP contribution in [0.4, 0.5) is 0 Å². The van der Waals surface area contributed by atoms with Crippen LogP contribution in [0.25, 0.3) is 0 Å². The second-order valence-electron chi connectivity index (χ2n) is 1.79. The summed E-state index contributed by atoms with van der Waals surface area (Å²) in [4.78, 5) is 9.94. The van der Waals surface area contributed by atoms with E-state index in [1.165, 1.54) is 6.08 Å². The molecule has 1 aliphatic carbocycles. The summed E-state index contributed by atoms with van der Waals surface area (Å²) in [7, 11) is 0. The van der Waals surface area contributed by atoms with Crippen molar-refractivity contribution < 1.29 is 9.90 Å². The zero-order chi connectivity index (χ0) is 6.69. The Morgan fingerprint density at radius 3 is 2.78 bits per heavy atom. The van der Waals surface area contributed by atoms with Crippen molar-refractivity contribution in [1.82, 2.24) is 0 Å². The van der Waals surface area contributed by atoms with Crippen LogP contribution in [-0.2, 0) is 4.79 Å². The molecule has 0 saturated carbocycles. The molecule has 0 fully saturated rings. The molecule has 1 aliphatic rings. The quantitative estimate of drug-likeness (QED) is 0.489. The van der Waals surface area contributed by atoms with Gasteiger partial charge in [-0.25, -0.2) is 4.79 Å². The molecule has 0 amide bonds. The van der Waals surface area contributed by atoms with Gasteiger partial charge in [0.2, 0.25) is 0 Å². The summed E-state index contributed by atoms with van der Waals surface area (Å²) >= 11 is 0. The van der Waals surface area contributed by atoms with E-state index in [0.717, 1.165) is 0 Å². The van der Waals surface area contributed by atoms with E-state index in [4.69, 9.17) is 5.11 Å². The van der Waals surface area contributed by atoms with Crippen LogP contribution in [0.15, 0.2) is 29.6 Å². The molecule has 1 N–H and O–H groups in total. The smallest absolute Gasteiger partial charge is 0.128 e. The Bertz CT molecular complexity index is 217. The predicted molar refractivity (Wildman–Crippen MR) is 33.7 cm³/mol. The van der Waals surface area contributed by atoms with Crippen LogP contribution in [-0.4, -0.2) is 11.0 Å². The molecule has 0 unspecified atom stereocenters. The fourth-order valence-corrected chi connectivity index (χ4v) is 0.612. The molecule has 2 heteroatoms. The summed E-state index contributed by atoms with van der Waals surface area (Å²) in [5, 5.41) is 8.75. The maximum atomic E-state index is 9.94. The highest BCUT2D eigenvalue weighted by Crippen LogP contribution is 2.09. The van der Waals surface area contributed by atoms with E-state index < -0.39 is 0 Å². The van der Waals surface area contributed by atoms with Crippen LogP contribution >= 0.6 is 0 Å². The van der Waals surface area contributed by atoms with E-state index in [0.29, 0.717) is 12.0 Å². The van der Waals surface area contributed by atoms with Gasteiger partial charge in [0.15, 0.2) is 0 Å². The zero-order valence-corrected chi connectivity index (χ0v) is 4.79. The maximum Gasteiger partial charge on any atom is 0.128 e. The van der Waals surface area contributed by atoms with Gasteiger partial charge in [-0.15, -0.1) is 0 Å². The van der Waals surface area contributed by atoms with Crippen LogP contribution in [0, 0.1) is 0 Å². The third-order valence-corrected chi connectivity index (χ3v) is 1.12. The van der Waals surface area contributed by atoms with Crippen LogP contribution in [0.5, 0.6) is 0 Å². The molecule has 0 bridgehead atoms. The van der Waals surface area contributed by atoms with E-state index >= 15 is 0 Å². The first kappa shape index (κ1) is 5.86. The minimum atomic E-state index is 0.217. The fraction of sp³-hybridized carbons (Fsp3) is 0.143. The topological polar surface area (TPSA) is 37.3 Å². The van der Waals surface area contributed by atoms with Gasteiger partial charge in [-0.3, -0.25) is 0 Å². The first-order valence-electron chi connectivity index (χ1n) is 2.64. The molecule has 0 radical (unpaired) electrons. The molecule has 1 rings (SSSR count). The Balaban J connectivity index is 2.81. The van der Waals surface area contributed by atoms with Gasteiger partial charge in [0.25, 0.3) is 0 Å². The van der Waals surface area contributed by atoms with Crippen molar-refractivity contribution in [3.05, 3.63) is 29.6 Å². The molecular formula is C7H6O2. The molecule has 0 aromatic heterocycles. The summed E-state index contributed by atoms with van der Waals surface area (Å²) in [5.74, 6) is 1.97. The largest absolute Gasteiger partial charge is 0.508 e. The van der Waals surface area contributed by atoms with Gasteiger partial charge in [-0.1, -0.05) is 0 Å². The summed E-state index contributed by atoms with van der Waals surface area (Å²) in [5.41, 5.74) is 0.577. The molecule has 9 heavy (non-hydrogen) atoms. The lowest BCUT2D eigenvalue weighted by atomic mass is 10.1. The van der Waals surface area contributed by atoms with Crippen molar-refractivity contribution in [1.29, 1.82) is 0 Å². The Morgan fingerprint density at radius 2 is 2.33 bits per heavy atom. The summed E-state index contributed by atoms with van der Waals surface area (Å²) in [6.07, 6.45) is 5.10. The van der Waals surface area contributed by atoms with E-state index in [1.54, 1.807) is 18.1 Å². The molecule has 46 valence electrons. The molecule has 0 aromatic carbocycles. The standard InChI is InChI=1S/C7H6O2/c8-5-6-1-3-7(9)4-2-6/h1,3-4,9H,2H2. The van der Waals surface area contributed by atoms with Crippen LogP contribution in [0.2, 0.25) is 0 Å². The molecule has 0 aliphatic heterocycles. The Labute approximate surface area is 52.8 Å². The molecule has 0 spiro atoms. The highest BCUT2D eigenvalue weighted by molar-refractivity contribution is 5.59. The number of rotatable bonds is 0. The third-order valence-electron chi connectivity index (χ3n) is 1.12. The van der Waals surface area contributed by atoms with E-state index in [1.807, 2.05) is 0 Å². The summed E-state index contributed by atoms with van der Waals surface area (Å²) in [6, 6.07) is 0. The average Bonchev–Trinajstić information content (AvgIpc) is 1.90. The van der Waals surface area contributed by atoms with Crippen molar-refractivity contribution in [3.8, 4) is 0 Å². The monoisotopic (exact) mass is 122 g/mol. The van der Waals surface area contributed by atoms with Gasteiger partial charge < -0.3 is 5.11 Å². The average molecular weight is 122 g/mol. The first-order chi connectivity index (χ1) is 4.33. The summed E-state index contributed by atoms with van der Waals surface area (Å²) in [6.45, 7) is 0. The van der Waals surface area contributed by atoms with E-state index in [9.17, 15) is 4.79 Å². The lowest BCUT2D eigenvalue weighted by Crippen LogP contribution is -1.86. The number of hydrogen-bond acceptors (Lipinski definition) is 2. The minimum absolute atomic E-state index is 0.217. The van der Waals surface area contributed by atoms with Gasteiger partial charge in [0.05, 0.1) is 0 Å². The fourth-order valence-electron chi connectivity index (χ4n) is 0.612. The lowest BCUT2D eigenvalue weighted by molar-refractivity contribution is 0.429. The number of aliphatic hydroxyl groups excluding tert-OH is 1. The van der Waals surface area contributed by atoms with Crippen LogP contribution in [0.3, 0.4) is 0 Å². The minimum Gasteiger partial charge on any atom is -0.508 e.